The molecule has 0 aliphatic carbocycles. The van der Waals surface area contributed by atoms with E-state index in [-0.39, 0.29) is 12.6 Å². The molecule has 0 bridgehead atoms. The summed E-state index contributed by atoms with van der Waals surface area (Å²) in [5.74, 6) is -0.627. The normalized spacial score (nSPS) is 27.3. The Morgan fingerprint density at radius 2 is 2.24 bits per heavy atom. The number of alkyl halides is 1. The quantitative estimate of drug-likeness (QED) is 0.718. The maximum atomic E-state index is 13.7. The lowest BCUT2D eigenvalue weighted by atomic mass is 10.0. The topological polar surface area (TPSA) is 70.0 Å². The summed E-state index contributed by atoms with van der Waals surface area (Å²) in [5.41, 5.74) is 0. The lowest BCUT2D eigenvalue weighted by Crippen LogP contribution is -2.52. The molecule has 1 aliphatic heterocycles. The number of hydrogen-bond donors (Lipinski definition) is 2. The molecule has 1 saturated heterocycles. The Balaban J connectivity index is 2.49. The van der Waals surface area contributed by atoms with E-state index in [9.17, 15) is 14.3 Å². The zero-order valence-electron chi connectivity index (χ0n) is 10.2. The van der Waals surface area contributed by atoms with Gasteiger partial charge in [-0.2, -0.15) is 0 Å². The number of aliphatic hydroxyl groups excluding tert-OH is 2. The van der Waals surface area contributed by atoms with Crippen molar-refractivity contribution in [2.75, 3.05) is 19.7 Å². The number of nitrogens with zero attached hydrogens (tertiary/aromatic N) is 1. The maximum absolute atomic E-state index is 13.7. The SMILES string of the molecule is CC(C)O[C@H]1CCN(C(=O)C(O)CO)C[C@H]1F. The van der Waals surface area contributed by atoms with Crippen molar-refractivity contribution >= 4 is 5.91 Å². The van der Waals surface area contributed by atoms with Gasteiger partial charge in [0.15, 0.2) is 6.10 Å². The number of amides is 1. The smallest absolute Gasteiger partial charge is 0.253 e. The van der Waals surface area contributed by atoms with Gasteiger partial charge < -0.3 is 19.8 Å². The molecule has 5 nitrogen and oxygen atoms in total. The Hall–Kier alpha value is -0.720. The number of hydrogen-bond acceptors (Lipinski definition) is 4. The van der Waals surface area contributed by atoms with Gasteiger partial charge in [-0.1, -0.05) is 0 Å². The molecule has 0 spiro atoms. The molecule has 6 heteroatoms. The Morgan fingerprint density at radius 3 is 2.71 bits per heavy atom. The van der Waals surface area contributed by atoms with Crippen molar-refractivity contribution in [3.8, 4) is 0 Å². The first kappa shape index (κ1) is 14.3. The third kappa shape index (κ3) is 3.90. The van der Waals surface area contributed by atoms with E-state index in [0.717, 1.165) is 0 Å². The molecular weight excluding hydrogens is 229 g/mol. The van der Waals surface area contributed by atoms with E-state index in [1.807, 2.05) is 13.8 Å². The summed E-state index contributed by atoms with van der Waals surface area (Å²) in [6, 6.07) is 0. The molecule has 0 saturated carbocycles. The van der Waals surface area contributed by atoms with Crippen molar-refractivity contribution in [2.45, 2.75) is 44.8 Å². The zero-order chi connectivity index (χ0) is 13.0. The van der Waals surface area contributed by atoms with E-state index in [1.54, 1.807) is 0 Å². The van der Waals surface area contributed by atoms with Crippen LogP contribution in [0.4, 0.5) is 4.39 Å². The molecule has 0 aromatic carbocycles. The predicted molar refractivity (Wildman–Crippen MR) is 59.2 cm³/mol. The maximum Gasteiger partial charge on any atom is 0.253 e. The second-order valence-electron chi connectivity index (χ2n) is 4.51. The Morgan fingerprint density at radius 1 is 1.59 bits per heavy atom. The van der Waals surface area contributed by atoms with Gasteiger partial charge in [0.1, 0.15) is 6.17 Å². The fraction of sp³-hybridized carbons (Fsp3) is 0.909. The third-order valence-electron chi connectivity index (χ3n) is 2.70. The second kappa shape index (κ2) is 6.28. The van der Waals surface area contributed by atoms with Crippen LogP contribution in [0, 0.1) is 0 Å². The van der Waals surface area contributed by atoms with E-state index in [0.29, 0.717) is 13.0 Å². The lowest BCUT2D eigenvalue weighted by Gasteiger charge is -2.36. The van der Waals surface area contributed by atoms with Crippen molar-refractivity contribution in [1.82, 2.24) is 4.90 Å². The van der Waals surface area contributed by atoms with Crippen LogP contribution in [0.3, 0.4) is 0 Å². The average Bonchev–Trinajstić information content (AvgIpc) is 2.29. The number of rotatable bonds is 4. The van der Waals surface area contributed by atoms with Crippen LogP contribution in [0.5, 0.6) is 0 Å². The highest BCUT2D eigenvalue weighted by Crippen LogP contribution is 2.19. The van der Waals surface area contributed by atoms with Crippen LogP contribution >= 0.6 is 0 Å². The third-order valence-corrected chi connectivity index (χ3v) is 2.70. The van der Waals surface area contributed by atoms with Crippen LogP contribution in [0.1, 0.15) is 20.3 Å². The summed E-state index contributed by atoms with van der Waals surface area (Å²) in [4.78, 5) is 12.7. The number of aliphatic hydroxyl groups is 2. The van der Waals surface area contributed by atoms with Crippen LogP contribution in [-0.4, -0.2) is 65.2 Å². The highest BCUT2D eigenvalue weighted by Gasteiger charge is 2.34. The van der Waals surface area contributed by atoms with Crippen LogP contribution < -0.4 is 0 Å². The molecule has 1 aliphatic rings. The van der Waals surface area contributed by atoms with E-state index in [2.05, 4.69) is 0 Å². The number of likely N-dealkylation sites (tertiary alicyclic amines) is 1. The first-order valence-corrected chi connectivity index (χ1v) is 5.83. The van der Waals surface area contributed by atoms with Gasteiger partial charge in [-0.15, -0.1) is 0 Å². The van der Waals surface area contributed by atoms with Crippen molar-refractivity contribution in [1.29, 1.82) is 0 Å². The molecule has 0 aromatic rings. The van der Waals surface area contributed by atoms with Gasteiger partial charge in [-0.05, 0) is 20.3 Å². The number of carbonyl (C=O) groups excluding carboxylic acids is 1. The van der Waals surface area contributed by atoms with Gasteiger partial charge in [-0.25, -0.2) is 4.39 Å². The zero-order valence-corrected chi connectivity index (χ0v) is 10.2. The molecule has 17 heavy (non-hydrogen) atoms. The fourth-order valence-electron chi connectivity index (χ4n) is 1.88. The summed E-state index contributed by atoms with van der Waals surface area (Å²) in [7, 11) is 0. The van der Waals surface area contributed by atoms with E-state index in [1.165, 1.54) is 4.90 Å². The molecule has 1 fully saturated rings. The highest BCUT2D eigenvalue weighted by atomic mass is 19.1. The summed E-state index contributed by atoms with van der Waals surface area (Å²) in [6.45, 7) is 3.28. The predicted octanol–water partition coefficient (Wildman–Crippen LogP) is -0.296. The molecule has 1 heterocycles. The molecule has 1 amide bonds. The summed E-state index contributed by atoms with van der Waals surface area (Å²) in [6.07, 6.45) is -2.84. The summed E-state index contributed by atoms with van der Waals surface area (Å²) >= 11 is 0. The van der Waals surface area contributed by atoms with Gasteiger partial charge in [0.2, 0.25) is 0 Å². The van der Waals surface area contributed by atoms with Gasteiger partial charge in [0.25, 0.3) is 5.91 Å². The van der Waals surface area contributed by atoms with Crippen molar-refractivity contribution < 1.29 is 24.1 Å². The number of halogens is 1. The van der Waals surface area contributed by atoms with E-state index >= 15 is 0 Å². The monoisotopic (exact) mass is 249 g/mol. The minimum atomic E-state index is -1.45. The molecule has 100 valence electrons. The van der Waals surface area contributed by atoms with E-state index in [4.69, 9.17) is 9.84 Å². The second-order valence-corrected chi connectivity index (χ2v) is 4.51. The van der Waals surface area contributed by atoms with Crippen molar-refractivity contribution in [2.24, 2.45) is 0 Å². The first-order chi connectivity index (χ1) is 7.95. The Labute approximate surface area is 100 Å². The van der Waals surface area contributed by atoms with Crippen LogP contribution in [0.15, 0.2) is 0 Å². The van der Waals surface area contributed by atoms with Gasteiger partial charge in [0, 0.05) is 6.54 Å². The lowest BCUT2D eigenvalue weighted by molar-refractivity contribution is -0.148. The molecule has 1 rings (SSSR count). The van der Waals surface area contributed by atoms with Crippen LogP contribution in [-0.2, 0) is 9.53 Å². The molecular formula is C11H20FNO4. The number of ether oxygens (including phenoxy) is 1. The van der Waals surface area contributed by atoms with Crippen molar-refractivity contribution in [3.05, 3.63) is 0 Å². The minimum Gasteiger partial charge on any atom is -0.393 e. The molecule has 3 atom stereocenters. The Kier molecular flexibility index (Phi) is 5.30. The van der Waals surface area contributed by atoms with Gasteiger partial charge >= 0.3 is 0 Å². The van der Waals surface area contributed by atoms with Gasteiger partial charge in [-0.3, -0.25) is 4.79 Å². The van der Waals surface area contributed by atoms with Crippen molar-refractivity contribution in [3.63, 3.8) is 0 Å². The Bertz CT molecular complexity index is 262. The molecule has 0 aromatic heterocycles. The fourth-order valence-corrected chi connectivity index (χ4v) is 1.88. The van der Waals surface area contributed by atoms with Gasteiger partial charge in [0.05, 0.1) is 25.4 Å². The number of carbonyl (C=O) groups is 1. The standard InChI is InChI=1S/C11H20FNO4/c1-7(2)17-10-3-4-13(5-8(10)12)11(16)9(15)6-14/h7-10,14-15H,3-6H2,1-2H3/t8-,9?,10+/m1/s1. The number of piperidine rings is 1. The first-order valence-electron chi connectivity index (χ1n) is 5.83. The summed E-state index contributed by atoms with van der Waals surface area (Å²) in [5, 5.41) is 17.8. The minimum absolute atomic E-state index is 0.0523. The van der Waals surface area contributed by atoms with E-state index < -0.39 is 30.9 Å². The molecule has 1 unspecified atom stereocenters. The van der Waals surface area contributed by atoms with Crippen LogP contribution in [0.25, 0.3) is 0 Å². The largest absolute Gasteiger partial charge is 0.393 e. The average molecular weight is 249 g/mol. The van der Waals surface area contributed by atoms with Crippen LogP contribution in [0.2, 0.25) is 0 Å². The highest BCUT2D eigenvalue weighted by molar-refractivity contribution is 5.80. The molecule has 0 radical (unpaired) electrons. The summed E-state index contributed by atoms with van der Waals surface area (Å²) < 4.78 is 19.1. The molecule has 2 N–H and O–H groups in total.